The van der Waals surface area contributed by atoms with E-state index in [4.69, 9.17) is 14.6 Å². The average molecular weight is 268 g/mol. The molecule has 1 amide bonds. The van der Waals surface area contributed by atoms with Crippen LogP contribution in [0.25, 0.3) is 0 Å². The molecule has 1 rings (SSSR count). The van der Waals surface area contributed by atoms with Crippen LogP contribution >= 0.6 is 0 Å². The monoisotopic (exact) mass is 268 g/mol. The molecule has 0 heterocycles. The second kappa shape index (κ2) is 6.05. The number of carbonyl (C=O) groups excluding carboxylic acids is 1. The van der Waals surface area contributed by atoms with Crippen molar-refractivity contribution in [2.75, 3.05) is 14.2 Å². The number of amides is 1. The molecule has 0 saturated carbocycles. The zero-order chi connectivity index (χ0) is 14.5. The van der Waals surface area contributed by atoms with Crippen molar-refractivity contribution < 1.29 is 24.2 Å². The number of ether oxygens (including phenoxy) is 2. The van der Waals surface area contributed by atoms with Crippen molar-refractivity contribution in [1.82, 2.24) is 10.9 Å². The van der Waals surface area contributed by atoms with E-state index in [0.29, 0.717) is 11.3 Å². The molecule has 0 aliphatic heterocycles. The van der Waals surface area contributed by atoms with Crippen molar-refractivity contribution in [2.45, 2.75) is 12.5 Å². The van der Waals surface area contributed by atoms with Crippen LogP contribution in [0.4, 0.5) is 4.79 Å². The summed E-state index contributed by atoms with van der Waals surface area (Å²) in [5.74, 6) is -0.0840. The first kappa shape index (κ1) is 14.8. The summed E-state index contributed by atoms with van der Waals surface area (Å²) in [4.78, 5) is 22.4. The number of esters is 1. The van der Waals surface area contributed by atoms with Crippen molar-refractivity contribution in [2.24, 2.45) is 0 Å². The Morgan fingerprint density at radius 2 is 2.00 bits per heavy atom. The number of rotatable bonds is 5. The second-order valence-corrected chi connectivity index (χ2v) is 3.90. The number of nitrogens with one attached hydrogen (secondary N) is 2. The lowest BCUT2D eigenvalue weighted by Gasteiger charge is -2.28. The van der Waals surface area contributed by atoms with Gasteiger partial charge >= 0.3 is 12.1 Å². The van der Waals surface area contributed by atoms with Gasteiger partial charge in [-0.3, -0.25) is 5.43 Å². The summed E-state index contributed by atoms with van der Waals surface area (Å²) in [6.07, 6.45) is -1.31. The summed E-state index contributed by atoms with van der Waals surface area (Å²) in [6, 6.07) is 6.69. The van der Waals surface area contributed by atoms with Crippen LogP contribution in [0.1, 0.15) is 12.5 Å². The fourth-order valence-corrected chi connectivity index (χ4v) is 1.56. The Kier molecular flexibility index (Phi) is 4.71. The van der Waals surface area contributed by atoms with E-state index in [0.717, 1.165) is 0 Å². The molecule has 1 aromatic rings. The van der Waals surface area contributed by atoms with Crippen LogP contribution in [0.15, 0.2) is 24.3 Å². The lowest BCUT2D eigenvalue weighted by atomic mass is 9.92. The molecule has 3 N–H and O–H groups in total. The highest BCUT2D eigenvalue weighted by molar-refractivity contribution is 5.82. The molecule has 1 unspecified atom stereocenters. The molecule has 1 aromatic carbocycles. The Morgan fingerprint density at radius 1 is 1.32 bits per heavy atom. The third-order valence-corrected chi connectivity index (χ3v) is 2.66. The molecule has 0 spiro atoms. The van der Waals surface area contributed by atoms with Gasteiger partial charge in [0.25, 0.3) is 0 Å². The second-order valence-electron chi connectivity index (χ2n) is 3.90. The van der Waals surface area contributed by atoms with Crippen LogP contribution in [0, 0.1) is 0 Å². The lowest BCUT2D eigenvalue weighted by molar-refractivity contribution is -0.148. The van der Waals surface area contributed by atoms with Crippen molar-refractivity contribution in [3.05, 3.63) is 29.8 Å². The van der Waals surface area contributed by atoms with Gasteiger partial charge in [0.15, 0.2) is 5.54 Å². The Balaban J connectivity index is 3.14. The molecule has 1 atom stereocenters. The molecule has 0 aliphatic carbocycles. The van der Waals surface area contributed by atoms with Crippen LogP contribution in [0.2, 0.25) is 0 Å². The predicted octanol–water partition coefficient (Wildman–Crippen LogP) is 0.856. The van der Waals surface area contributed by atoms with Crippen molar-refractivity contribution in [1.29, 1.82) is 0 Å². The van der Waals surface area contributed by atoms with Crippen LogP contribution in [-0.4, -0.2) is 31.4 Å². The van der Waals surface area contributed by atoms with Gasteiger partial charge in [-0.05, 0) is 24.6 Å². The largest absolute Gasteiger partial charge is 0.497 e. The standard InChI is InChI=1S/C12H16N2O5/c1-12(10(15)19-3,14-13-11(16)17)8-5-4-6-9(7-8)18-2/h4-7,13-14H,1-3H3,(H,16,17). The van der Waals surface area contributed by atoms with Gasteiger partial charge in [-0.2, -0.15) is 0 Å². The van der Waals surface area contributed by atoms with Gasteiger partial charge in [0, 0.05) is 0 Å². The van der Waals surface area contributed by atoms with E-state index in [1.165, 1.54) is 21.1 Å². The number of hydrogen-bond donors (Lipinski definition) is 3. The smallest absolute Gasteiger partial charge is 0.419 e. The summed E-state index contributed by atoms with van der Waals surface area (Å²) in [5, 5.41) is 8.63. The maximum Gasteiger partial charge on any atom is 0.419 e. The van der Waals surface area contributed by atoms with E-state index in [1.807, 2.05) is 5.43 Å². The minimum absolute atomic E-state index is 0.507. The molecule has 19 heavy (non-hydrogen) atoms. The summed E-state index contributed by atoms with van der Waals surface area (Å²) >= 11 is 0. The van der Waals surface area contributed by atoms with E-state index in [-0.39, 0.29) is 0 Å². The molecule has 7 heteroatoms. The molecule has 0 bridgehead atoms. The zero-order valence-corrected chi connectivity index (χ0v) is 10.9. The quantitative estimate of drug-likeness (QED) is 0.541. The van der Waals surface area contributed by atoms with Crippen molar-refractivity contribution >= 4 is 12.1 Å². The maximum absolute atomic E-state index is 11.9. The van der Waals surface area contributed by atoms with E-state index in [1.54, 1.807) is 24.3 Å². The van der Waals surface area contributed by atoms with Gasteiger partial charge in [-0.1, -0.05) is 12.1 Å². The number of hydrazine groups is 1. The van der Waals surface area contributed by atoms with Crippen LogP contribution in [-0.2, 0) is 15.1 Å². The minimum Gasteiger partial charge on any atom is -0.497 e. The summed E-state index contributed by atoms with van der Waals surface area (Å²) in [5.41, 5.74) is 3.54. The van der Waals surface area contributed by atoms with Gasteiger partial charge in [0.2, 0.25) is 0 Å². The highest BCUT2D eigenvalue weighted by atomic mass is 16.5. The number of benzene rings is 1. The lowest BCUT2D eigenvalue weighted by Crippen LogP contribution is -2.55. The molecule has 7 nitrogen and oxygen atoms in total. The average Bonchev–Trinajstić information content (AvgIpc) is 2.43. The van der Waals surface area contributed by atoms with Gasteiger partial charge in [-0.25, -0.2) is 15.0 Å². The fraction of sp³-hybridized carbons (Fsp3) is 0.333. The van der Waals surface area contributed by atoms with Gasteiger partial charge in [0.05, 0.1) is 14.2 Å². The van der Waals surface area contributed by atoms with Crippen molar-refractivity contribution in [3.63, 3.8) is 0 Å². The van der Waals surface area contributed by atoms with E-state index < -0.39 is 17.6 Å². The topological polar surface area (TPSA) is 96.9 Å². The SMILES string of the molecule is COC(=O)C(C)(NNC(=O)O)c1cccc(OC)c1. The molecule has 0 aliphatic rings. The van der Waals surface area contributed by atoms with Gasteiger partial charge in [0.1, 0.15) is 5.75 Å². The molecule has 0 radical (unpaired) electrons. The van der Waals surface area contributed by atoms with E-state index >= 15 is 0 Å². The molecular weight excluding hydrogens is 252 g/mol. The van der Waals surface area contributed by atoms with Crippen LogP contribution < -0.4 is 15.6 Å². The number of hydrogen-bond acceptors (Lipinski definition) is 5. The van der Waals surface area contributed by atoms with Gasteiger partial charge < -0.3 is 14.6 Å². The maximum atomic E-state index is 11.9. The summed E-state index contributed by atoms with van der Waals surface area (Å²) in [6.45, 7) is 1.50. The third-order valence-electron chi connectivity index (χ3n) is 2.66. The Bertz CT molecular complexity index is 477. The molecule has 0 aromatic heterocycles. The highest BCUT2D eigenvalue weighted by Gasteiger charge is 2.37. The Labute approximate surface area is 110 Å². The van der Waals surface area contributed by atoms with Crippen LogP contribution in [0.5, 0.6) is 5.75 Å². The molecule has 0 fully saturated rings. The van der Waals surface area contributed by atoms with Gasteiger partial charge in [-0.15, -0.1) is 0 Å². The normalized spacial score (nSPS) is 13.2. The molecular formula is C12H16N2O5. The summed E-state index contributed by atoms with van der Waals surface area (Å²) in [7, 11) is 2.72. The first-order valence-corrected chi connectivity index (χ1v) is 5.43. The molecule has 0 saturated heterocycles. The first-order valence-electron chi connectivity index (χ1n) is 5.43. The zero-order valence-electron chi connectivity index (χ0n) is 10.9. The Hall–Kier alpha value is -2.28. The number of carbonyl (C=O) groups is 2. The first-order chi connectivity index (χ1) is 8.93. The Morgan fingerprint density at radius 3 is 2.53 bits per heavy atom. The van der Waals surface area contributed by atoms with Crippen LogP contribution in [0.3, 0.4) is 0 Å². The van der Waals surface area contributed by atoms with E-state index in [2.05, 4.69) is 5.43 Å². The van der Waals surface area contributed by atoms with E-state index in [9.17, 15) is 9.59 Å². The third kappa shape index (κ3) is 3.35. The fourth-order valence-electron chi connectivity index (χ4n) is 1.56. The summed E-state index contributed by atoms with van der Waals surface area (Å²) < 4.78 is 9.77. The molecule has 104 valence electrons. The minimum atomic E-state index is -1.36. The van der Waals surface area contributed by atoms with Crippen molar-refractivity contribution in [3.8, 4) is 5.75 Å². The number of carboxylic acid groups (broad SMARTS) is 1. The number of methoxy groups -OCH3 is 2. The predicted molar refractivity (Wildman–Crippen MR) is 66.7 cm³/mol. The highest BCUT2D eigenvalue weighted by Crippen LogP contribution is 2.25.